The Bertz CT molecular complexity index is 1660. The van der Waals surface area contributed by atoms with Gasteiger partial charge in [-0.05, 0) is 43.5 Å². The van der Waals surface area contributed by atoms with Crippen LogP contribution in [0.15, 0.2) is 35.2 Å². The SMILES string of the molecule is COc1nc(C2(C(F)(F)F)CCC2)cc(F)c1Oc1nnc(C(F)(F)F)c(C)c1C(=O)Nc1cccc(S(C)(=O)=O)c1. The van der Waals surface area contributed by atoms with Crippen molar-refractivity contribution in [2.75, 3.05) is 18.7 Å². The minimum atomic E-state index is -5.08. The van der Waals surface area contributed by atoms with Gasteiger partial charge in [0.25, 0.3) is 17.7 Å². The summed E-state index contributed by atoms with van der Waals surface area (Å²) >= 11 is 0. The molecule has 2 heterocycles. The summed E-state index contributed by atoms with van der Waals surface area (Å²) in [5.74, 6) is -5.40. The predicted molar refractivity (Wildman–Crippen MR) is 132 cm³/mol. The number of rotatable bonds is 7. The number of methoxy groups -OCH3 is 1. The number of alkyl halides is 6. The van der Waals surface area contributed by atoms with Gasteiger partial charge in [-0.25, -0.2) is 17.8 Å². The van der Waals surface area contributed by atoms with E-state index in [4.69, 9.17) is 9.47 Å². The zero-order valence-corrected chi connectivity index (χ0v) is 22.8. The Labute approximate surface area is 234 Å². The van der Waals surface area contributed by atoms with Crippen LogP contribution in [0.2, 0.25) is 0 Å². The molecule has 1 aromatic carbocycles. The Hall–Kier alpha value is -4.02. The molecule has 1 N–H and O–H groups in total. The lowest BCUT2D eigenvalue weighted by molar-refractivity contribution is -0.214. The Balaban J connectivity index is 1.80. The van der Waals surface area contributed by atoms with Gasteiger partial charge in [0.05, 0.1) is 17.7 Å². The smallest absolute Gasteiger partial charge is 0.435 e. The van der Waals surface area contributed by atoms with Gasteiger partial charge in [-0.2, -0.15) is 26.3 Å². The fourth-order valence-corrected chi connectivity index (χ4v) is 5.04. The molecule has 1 aliphatic rings. The van der Waals surface area contributed by atoms with Gasteiger partial charge in [0.1, 0.15) is 11.0 Å². The second kappa shape index (κ2) is 10.7. The van der Waals surface area contributed by atoms with Crippen LogP contribution in [0.25, 0.3) is 0 Å². The van der Waals surface area contributed by atoms with Crippen LogP contribution in [-0.4, -0.2) is 49.0 Å². The number of carbonyl (C=O) groups is 1. The van der Waals surface area contributed by atoms with E-state index in [1.807, 2.05) is 0 Å². The van der Waals surface area contributed by atoms with Crippen LogP contribution in [0.5, 0.6) is 17.5 Å². The fraction of sp³-hybridized carbons (Fsp3) is 0.360. The molecule has 0 aliphatic heterocycles. The molecule has 1 amide bonds. The Morgan fingerprint density at radius 2 is 1.71 bits per heavy atom. The summed E-state index contributed by atoms with van der Waals surface area (Å²) in [6, 6.07) is 5.27. The number of hydrogen-bond acceptors (Lipinski definition) is 8. The second-order valence-corrected chi connectivity index (χ2v) is 11.5. The summed E-state index contributed by atoms with van der Waals surface area (Å²) in [5.41, 5.74) is -6.48. The average molecular weight is 623 g/mol. The van der Waals surface area contributed by atoms with Crippen molar-refractivity contribution in [1.29, 1.82) is 0 Å². The highest BCUT2D eigenvalue weighted by atomic mass is 32.2. The van der Waals surface area contributed by atoms with Crippen LogP contribution in [0.1, 0.15) is 46.6 Å². The summed E-state index contributed by atoms with van der Waals surface area (Å²) < 4.78 is 132. The number of pyridine rings is 1. The summed E-state index contributed by atoms with van der Waals surface area (Å²) in [7, 11) is -2.77. The second-order valence-electron chi connectivity index (χ2n) is 9.47. The first-order chi connectivity index (χ1) is 19.4. The molecule has 2 aromatic heterocycles. The molecule has 1 fully saturated rings. The maximum absolute atomic E-state index is 15.3. The predicted octanol–water partition coefficient (Wildman–Crippen LogP) is 5.78. The molecule has 4 rings (SSSR count). The normalized spacial score (nSPS) is 15.1. The number of hydrogen-bond donors (Lipinski definition) is 1. The number of halogens is 7. The summed E-state index contributed by atoms with van der Waals surface area (Å²) in [6.07, 6.45) is -9.42. The highest BCUT2D eigenvalue weighted by molar-refractivity contribution is 7.90. The van der Waals surface area contributed by atoms with E-state index in [2.05, 4.69) is 20.5 Å². The molecular formula is C25H21F7N4O5S. The molecule has 1 saturated carbocycles. The van der Waals surface area contributed by atoms with Gasteiger partial charge in [-0.3, -0.25) is 4.79 Å². The van der Waals surface area contributed by atoms with Crippen molar-refractivity contribution in [3.05, 3.63) is 58.7 Å². The van der Waals surface area contributed by atoms with Gasteiger partial charge in [0, 0.05) is 18.0 Å². The van der Waals surface area contributed by atoms with Gasteiger partial charge in [-0.15, -0.1) is 10.2 Å². The van der Waals surface area contributed by atoms with Crippen molar-refractivity contribution in [2.24, 2.45) is 0 Å². The number of carbonyl (C=O) groups excluding carboxylic acids is 1. The molecule has 0 bridgehead atoms. The molecule has 17 heteroatoms. The maximum atomic E-state index is 15.3. The standard InChI is InChI=1S/C25H21F7N4O5S/c1-12-17(20(37)33-13-6-4-7-14(10-13)42(3,38)39)21(36-35-19(12)24(27,28)29)41-18-15(26)11-16(34-22(18)40-2)23(8-5-9-23)25(30,31)32/h4,6-7,10-11H,5,8-9H2,1-3H3,(H,33,37). The first-order valence-corrected chi connectivity index (χ1v) is 13.8. The van der Waals surface area contributed by atoms with E-state index in [1.165, 1.54) is 18.2 Å². The maximum Gasteiger partial charge on any atom is 0.435 e. The number of anilines is 1. The highest BCUT2D eigenvalue weighted by Crippen LogP contribution is 2.55. The zero-order chi connectivity index (χ0) is 31.3. The first-order valence-electron chi connectivity index (χ1n) is 11.9. The number of nitrogens with one attached hydrogen (secondary N) is 1. The number of sulfone groups is 1. The number of amides is 1. The van der Waals surface area contributed by atoms with Crippen molar-refractivity contribution in [3.63, 3.8) is 0 Å². The molecule has 0 radical (unpaired) electrons. The van der Waals surface area contributed by atoms with Crippen LogP contribution in [-0.2, 0) is 21.4 Å². The molecular weight excluding hydrogens is 601 g/mol. The Kier molecular flexibility index (Phi) is 7.86. The Morgan fingerprint density at radius 3 is 2.24 bits per heavy atom. The van der Waals surface area contributed by atoms with Crippen molar-refractivity contribution in [2.45, 2.75) is 48.8 Å². The number of nitrogens with zero attached hydrogens (tertiary/aromatic N) is 3. The minimum absolute atomic E-state index is 0.133. The summed E-state index contributed by atoms with van der Waals surface area (Å²) in [6.45, 7) is 0.866. The van der Waals surface area contributed by atoms with E-state index in [1.54, 1.807) is 0 Å². The quantitative estimate of drug-likeness (QED) is 0.330. The first kappa shape index (κ1) is 30.9. The van der Waals surface area contributed by atoms with Crippen LogP contribution in [0.3, 0.4) is 0 Å². The number of benzene rings is 1. The average Bonchev–Trinajstić information content (AvgIpc) is 2.82. The molecule has 42 heavy (non-hydrogen) atoms. The lowest BCUT2D eigenvalue weighted by Crippen LogP contribution is -2.48. The van der Waals surface area contributed by atoms with Crippen LogP contribution >= 0.6 is 0 Å². The van der Waals surface area contributed by atoms with Crippen molar-refractivity contribution in [1.82, 2.24) is 15.2 Å². The zero-order valence-electron chi connectivity index (χ0n) is 21.9. The van der Waals surface area contributed by atoms with Crippen molar-refractivity contribution in [3.8, 4) is 17.5 Å². The molecule has 0 unspecified atom stereocenters. The molecule has 0 spiro atoms. The third kappa shape index (κ3) is 5.69. The third-order valence-corrected chi connectivity index (χ3v) is 7.84. The van der Waals surface area contributed by atoms with E-state index in [-0.39, 0.29) is 29.8 Å². The fourth-order valence-electron chi connectivity index (χ4n) is 4.37. The monoisotopic (exact) mass is 622 g/mol. The van der Waals surface area contributed by atoms with Crippen molar-refractivity contribution >= 4 is 21.4 Å². The van der Waals surface area contributed by atoms with Crippen LogP contribution in [0, 0.1) is 12.7 Å². The van der Waals surface area contributed by atoms with E-state index >= 15 is 4.39 Å². The van der Waals surface area contributed by atoms with Crippen molar-refractivity contribution < 1.29 is 53.4 Å². The van der Waals surface area contributed by atoms with E-state index < -0.39 is 79.4 Å². The number of ether oxygens (including phenoxy) is 2. The van der Waals surface area contributed by atoms with Gasteiger partial charge < -0.3 is 14.8 Å². The number of aromatic nitrogens is 3. The molecule has 3 aromatic rings. The topological polar surface area (TPSA) is 120 Å². The summed E-state index contributed by atoms with van der Waals surface area (Å²) in [4.78, 5) is 16.8. The molecule has 9 nitrogen and oxygen atoms in total. The van der Waals surface area contributed by atoms with Crippen LogP contribution < -0.4 is 14.8 Å². The van der Waals surface area contributed by atoms with Crippen LogP contribution in [0.4, 0.5) is 36.4 Å². The van der Waals surface area contributed by atoms with E-state index in [0.717, 1.165) is 26.4 Å². The van der Waals surface area contributed by atoms with Gasteiger partial charge >= 0.3 is 12.4 Å². The van der Waals surface area contributed by atoms with Gasteiger partial charge in [0.2, 0.25) is 5.75 Å². The molecule has 0 atom stereocenters. The van der Waals surface area contributed by atoms with E-state index in [0.29, 0.717) is 6.07 Å². The highest BCUT2D eigenvalue weighted by Gasteiger charge is 2.60. The summed E-state index contributed by atoms with van der Waals surface area (Å²) in [5, 5.41) is 8.58. The lowest BCUT2D eigenvalue weighted by atomic mass is 9.66. The minimum Gasteiger partial charge on any atom is -0.478 e. The lowest BCUT2D eigenvalue weighted by Gasteiger charge is -2.42. The van der Waals surface area contributed by atoms with Gasteiger partial charge in [0.15, 0.2) is 21.3 Å². The van der Waals surface area contributed by atoms with Gasteiger partial charge in [-0.1, -0.05) is 12.5 Å². The molecule has 1 aliphatic carbocycles. The van der Waals surface area contributed by atoms with E-state index in [9.17, 15) is 39.6 Å². The largest absolute Gasteiger partial charge is 0.478 e. The molecule has 0 saturated heterocycles. The molecule has 226 valence electrons. The third-order valence-electron chi connectivity index (χ3n) is 6.73. The Morgan fingerprint density at radius 1 is 1.05 bits per heavy atom.